The van der Waals surface area contributed by atoms with E-state index in [1.165, 1.54) is 22.4 Å². The predicted molar refractivity (Wildman–Crippen MR) is 91.3 cm³/mol. The van der Waals surface area contributed by atoms with Gasteiger partial charge in [0.25, 0.3) is 0 Å². The molecule has 2 heterocycles. The molecule has 3 aromatic rings. The first-order valence-corrected chi connectivity index (χ1v) is 7.95. The van der Waals surface area contributed by atoms with E-state index in [4.69, 9.17) is 10.7 Å². The van der Waals surface area contributed by atoms with Crippen LogP contribution in [0.15, 0.2) is 42.6 Å². The minimum absolute atomic E-state index is 0.642. The summed E-state index contributed by atoms with van der Waals surface area (Å²) in [5.74, 6) is 0. The zero-order chi connectivity index (χ0) is 15.5. The molecule has 0 aliphatic heterocycles. The smallest absolute Gasteiger partial charge is 0.137 e. The monoisotopic (exact) mass is 293 g/mol. The van der Waals surface area contributed by atoms with Gasteiger partial charge in [0.15, 0.2) is 0 Å². The Morgan fingerprint density at radius 2 is 1.82 bits per heavy atom. The molecule has 0 saturated carbocycles. The summed E-state index contributed by atoms with van der Waals surface area (Å²) in [6.07, 6.45) is 4.89. The Balaban J connectivity index is 1.99. The third kappa shape index (κ3) is 2.90. The first kappa shape index (κ1) is 14.8. The Morgan fingerprint density at radius 3 is 2.50 bits per heavy atom. The molecular formula is C19H23N3. The minimum atomic E-state index is 0.642. The summed E-state index contributed by atoms with van der Waals surface area (Å²) < 4.78 is 2.18. The Hall–Kier alpha value is -2.13. The van der Waals surface area contributed by atoms with Crippen molar-refractivity contribution >= 4 is 5.65 Å². The van der Waals surface area contributed by atoms with E-state index in [1.807, 2.05) is 0 Å². The van der Waals surface area contributed by atoms with Crippen molar-refractivity contribution in [3.63, 3.8) is 0 Å². The number of aryl methyl sites for hydroxylation is 2. The average Bonchev–Trinajstić information content (AvgIpc) is 2.85. The van der Waals surface area contributed by atoms with Crippen molar-refractivity contribution in [2.24, 2.45) is 5.73 Å². The van der Waals surface area contributed by atoms with Gasteiger partial charge in [0.1, 0.15) is 5.65 Å². The van der Waals surface area contributed by atoms with Crippen LogP contribution in [0.3, 0.4) is 0 Å². The molecule has 0 aliphatic carbocycles. The highest BCUT2D eigenvalue weighted by Crippen LogP contribution is 2.18. The normalized spacial score (nSPS) is 11.2. The molecule has 0 amide bonds. The van der Waals surface area contributed by atoms with Gasteiger partial charge in [0, 0.05) is 24.7 Å². The van der Waals surface area contributed by atoms with Gasteiger partial charge in [-0.25, -0.2) is 4.98 Å². The third-order valence-electron chi connectivity index (χ3n) is 4.15. The largest absolute Gasteiger partial charge is 0.330 e. The Labute approximate surface area is 131 Å². The van der Waals surface area contributed by atoms with Crippen molar-refractivity contribution in [2.75, 3.05) is 6.54 Å². The highest BCUT2D eigenvalue weighted by Gasteiger charge is 2.12. The number of imidazole rings is 1. The molecule has 2 aromatic heterocycles. The molecule has 1 aromatic carbocycles. The second kappa shape index (κ2) is 6.32. The second-order valence-electron chi connectivity index (χ2n) is 5.82. The van der Waals surface area contributed by atoms with Crippen LogP contribution in [0.2, 0.25) is 0 Å². The number of nitrogens with zero attached hydrogens (tertiary/aromatic N) is 2. The predicted octanol–water partition coefficient (Wildman–Crippen LogP) is 3.30. The number of nitrogens with two attached hydrogens (primary N) is 1. The lowest BCUT2D eigenvalue weighted by Gasteiger charge is -2.05. The molecule has 0 atom stereocenters. The van der Waals surface area contributed by atoms with E-state index in [9.17, 15) is 0 Å². The fraction of sp³-hybridized carbons (Fsp3) is 0.316. The highest BCUT2D eigenvalue weighted by molar-refractivity contribution is 5.46. The lowest BCUT2D eigenvalue weighted by Crippen LogP contribution is -2.07. The first-order valence-electron chi connectivity index (χ1n) is 7.95. The van der Waals surface area contributed by atoms with Crippen LogP contribution in [0.4, 0.5) is 0 Å². The van der Waals surface area contributed by atoms with E-state index in [1.54, 1.807) is 0 Å². The topological polar surface area (TPSA) is 43.3 Å². The molecule has 0 unspecified atom stereocenters. The standard InChI is InChI=1S/C19H23N3/c1-3-15-4-6-16(7-5-15)13-17-18(8-10-20)22-11-9-14(2)12-19(22)21-17/h4-7,9,11-12H,3,8,10,13,20H2,1-2H3. The Bertz CT molecular complexity index is 769. The zero-order valence-electron chi connectivity index (χ0n) is 13.3. The van der Waals surface area contributed by atoms with Crippen molar-refractivity contribution in [3.05, 3.63) is 70.7 Å². The van der Waals surface area contributed by atoms with Crippen molar-refractivity contribution < 1.29 is 0 Å². The lowest BCUT2D eigenvalue weighted by molar-refractivity contribution is 0.881. The summed E-state index contributed by atoms with van der Waals surface area (Å²) in [5, 5.41) is 0. The molecule has 3 nitrogen and oxygen atoms in total. The van der Waals surface area contributed by atoms with Gasteiger partial charge in [-0.15, -0.1) is 0 Å². The number of hydrogen-bond acceptors (Lipinski definition) is 2. The van der Waals surface area contributed by atoms with Gasteiger partial charge in [0.05, 0.1) is 5.69 Å². The van der Waals surface area contributed by atoms with Crippen LogP contribution in [-0.4, -0.2) is 15.9 Å². The number of aromatic nitrogens is 2. The van der Waals surface area contributed by atoms with Gasteiger partial charge < -0.3 is 10.1 Å². The second-order valence-corrected chi connectivity index (χ2v) is 5.82. The van der Waals surface area contributed by atoms with Crippen LogP contribution < -0.4 is 5.73 Å². The minimum Gasteiger partial charge on any atom is -0.330 e. The van der Waals surface area contributed by atoms with Gasteiger partial charge in [-0.05, 0) is 48.7 Å². The van der Waals surface area contributed by atoms with E-state index in [2.05, 4.69) is 60.8 Å². The van der Waals surface area contributed by atoms with Crippen LogP contribution in [-0.2, 0) is 19.3 Å². The fourth-order valence-electron chi connectivity index (χ4n) is 2.88. The summed E-state index contributed by atoms with van der Waals surface area (Å²) >= 11 is 0. The van der Waals surface area contributed by atoms with E-state index < -0.39 is 0 Å². The van der Waals surface area contributed by atoms with E-state index in [-0.39, 0.29) is 0 Å². The van der Waals surface area contributed by atoms with Crippen molar-refractivity contribution in [2.45, 2.75) is 33.1 Å². The lowest BCUT2D eigenvalue weighted by atomic mass is 10.0. The number of fused-ring (bicyclic) bond motifs is 1. The van der Waals surface area contributed by atoms with Gasteiger partial charge in [-0.1, -0.05) is 31.2 Å². The van der Waals surface area contributed by atoms with Crippen LogP contribution in [0.1, 0.15) is 35.0 Å². The van der Waals surface area contributed by atoms with Crippen LogP contribution in [0.5, 0.6) is 0 Å². The molecule has 3 heteroatoms. The quantitative estimate of drug-likeness (QED) is 0.784. The molecule has 2 N–H and O–H groups in total. The van der Waals surface area contributed by atoms with Crippen LogP contribution in [0.25, 0.3) is 5.65 Å². The third-order valence-corrected chi connectivity index (χ3v) is 4.15. The van der Waals surface area contributed by atoms with Gasteiger partial charge in [0.2, 0.25) is 0 Å². The summed E-state index contributed by atoms with van der Waals surface area (Å²) in [4.78, 5) is 4.84. The van der Waals surface area contributed by atoms with Gasteiger partial charge >= 0.3 is 0 Å². The molecule has 0 bridgehead atoms. The van der Waals surface area contributed by atoms with Gasteiger partial charge in [-0.3, -0.25) is 0 Å². The summed E-state index contributed by atoms with van der Waals surface area (Å²) in [6.45, 7) is 4.92. The molecule has 0 saturated heterocycles. The number of hydrogen-bond donors (Lipinski definition) is 1. The molecule has 22 heavy (non-hydrogen) atoms. The summed E-state index contributed by atoms with van der Waals surface area (Å²) in [5.41, 5.74) is 13.1. The molecule has 3 rings (SSSR count). The number of pyridine rings is 1. The average molecular weight is 293 g/mol. The summed E-state index contributed by atoms with van der Waals surface area (Å²) in [7, 11) is 0. The van der Waals surface area contributed by atoms with Crippen LogP contribution >= 0.6 is 0 Å². The molecule has 114 valence electrons. The van der Waals surface area contributed by atoms with E-state index in [0.29, 0.717) is 6.54 Å². The number of rotatable bonds is 5. The molecule has 0 radical (unpaired) electrons. The van der Waals surface area contributed by atoms with Crippen molar-refractivity contribution in [3.8, 4) is 0 Å². The van der Waals surface area contributed by atoms with Crippen LogP contribution in [0, 0.1) is 6.92 Å². The summed E-state index contributed by atoms with van der Waals surface area (Å²) in [6, 6.07) is 13.1. The maximum Gasteiger partial charge on any atom is 0.137 e. The molecule has 0 fully saturated rings. The van der Waals surface area contributed by atoms with E-state index in [0.717, 1.165) is 30.6 Å². The highest BCUT2D eigenvalue weighted by atomic mass is 15.0. The van der Waals surface area contributed by atoms with E-state index >= 15 is 0 Å². The maximum absolute atomic E-state index is 5.80. The molecular weight excluding hydrogens is 270 g/mol. The fourth-order valence-corrected chi connectivity index (χ4v) is 2.88. The SMILES string of the molecule is CCc1ccc(Cc2nc3cc(C)ccn3c2CCN)cc1. The Kier molecular flexibility index (Phi) is 4.25. The zero-order valence-corrected chi connectivity index (χ0v) is 13.3. The maximum atomic E-state index is 5.80. The molecule has 0 spiro atoms. The first-order chi connectivity index (χ1) is 10.7. The number of benzene rings is 1. The van der Waals surface area contributed by atoms with Gasteiger partial charge in [-0.2, -0.15) is 0 Å². The van der Waals surface area contributed by atoms with Crippen molar-refractivity contribution in [1.82, 2.24) is 9.38 Å². The Morgan fingerprint density at radius 1 is 1.09 bits per heavy atom. The van der Waals surface area contributed by atoms with Crippen molar-refractivity contribution in [1.29, 1.82) is 0 Å². The molecule has 0 aliphatic rings.